The summed E-state index contributed by atoms with van der Waals surface area (Å²) >= 11 is 0. The largest absolute Gasteiger partial charge is 0.465 e. The van der Waals surface area contributed by atoms with Gasteiger partial charge in [-0.2, -0.15) is 0 Å². The molecule has 0 aromatic carbocycles. The van der Waals surface area contributed by atoms with Crippen LogP contribution in [0.4, 0.5) is 0 Å². The minimum atomic E-state index is -1.20. The number of allylic oxidation sites excluding steroid dienone is 1. The zero-order valence-electron chi connectivity index (χ0n) is 16.8. The summed E-state index contributed by atoms with van der Waals surface area (Å²) in [5, 5.41) is 0. The number of esters is 2. The van der Waals surface area contributed by atoms with Crippen LogP contribution in [0.3, 0.4) is 0 Å². The van der Waals surface area contributed by atoms with Crippen LogP contribution in [0.5, 0.6) is 0 Å². The van der Waals surface area contributed by atoms with Gasteiger partial charge < -0.3 is 18.9 Å². The fourth-order valence-corrected chi connectivity index (χ4v) is 7.97. The van der Waals surface area contributed by atoms with Gasteiger partial charge in [0, 0.05) is 29.6 Å². The van der Waals surface area contributed by atoms with Crippen molar-refractivity contribution in [1.82, 2.24) is 0 Å². The molecule has 156 valence electrons. The van der Waals surface area contributed by atoms with Crippen LogP contribution in [0, 0.1) is 34.0 Å². The van der Waals surface area contributed by atoms with Crippen LogP contribution in [0.2, 0.25) is 0 Å². The van der Waals surface area contributed by atoms with Gasteiger partial charge in [0.1, 0.15) is 11.5 Å². The Balaban J connectivity index is 1.52. The topological polar surface area (TPSA) is 88.1 Å². The standard InChI is InChI=1S/C22H26O7/c1-10-12-6-13-15-21(7-12,17(10)24)19(25)29-14-4-5-20(3,8-26-11(2)23)16-18(28-13)27-9-22(14,15)16/h12-16,18H,1,4-9H2,2-3H3/t12-,13+,14+,15-,16-,18+,20+,21+,22+/m1/s1. The molecule has 29 heavy (non-hydrogen) atoms. The van der Waals surface area contributed by atoms with Crippen LogP contribution in [0.25, 0.3) is 0 Å². The summed E-state index contributed by atoms with van der Waals surface area (Å²) in [6, 6.07) is 0. The summed E-state index contributed by atoms with van der Waals surface area (Å²) in [7, 11) is 0. The van der Waals surface area contributed by atoms with Crippen molar-refractivity contribution >= 4 is 17.7 Å². The Morgan fingerprint density at radius 3 is 2.86 bits per heavy atom. The molecule has 0 unspecified atom stereocenters. The molecule has 6 aliphatic rings. The Bertz CT molecular complexity index is 865. The highest BCUT2D eigenvalue weighted by atomic mass is 16.7. The van der Waals surface area contributed by atoms with Crippen LogP contribution < -0.4 is 0 Å². The molecule has 3 aliphatic carbocycles. The number of fused-ring (bicyclic) bond motifs is 1. The highest BCUT2D eigenvalue weighted by molar-refractivity contribution is 6.15. The van der Waals surface area contributed by atoms with Crippen molar-refractivity contribution in [3.8, 4) is 0 Å². The highest BCUT2D eigenvalue weighted by Crippen LogP contribution is 2.74. The average molecular weight is 402 g/mol. The van der Waals surface area contributed by atoms with Gasteiger partial charge in [0.05, 0.1) is 19.3 Å². The highest BCUT2D eigenvalue weighted by Gasteiger charge is 2.82. The molecule has 7 nitrogen and oxygen atoms in total. The van der Waals surface area contributed by atoms with Crippen LogP contribution in [-0.2, 0) is 33.3 Å². The number of carbonyl (C=O) groups excluding carboxylic acids is 3. The van der Waals surface area contributed by atoms with Crippen LogP contribution in [-0.4, -0.2) is 49.4 Å². The molecule has 0 aromatic rings. The van der Waals surface area contributed by atoms with E-state index in [1.54, 1.807) is 0 Å². The second-order valence-electron chi connectivity index (χ2n) is 10.3. The lowest BCUT2D eigenvalue weighted by molar-refractivity contribution is -0.307. The van der Waals surface area contributed by atoms with E-state index in [0.29, 0.717) is 31.4 Å². The molecule has 0 aromatic heterocycles. The third kappa shape index (κ3) is 1.86. The molecule has 6 rings (SSSR count). The molecule has 2 spiro atoms. The molecule has 6 fully saturated rings. The summed E-state index contributed by atoms with van der Waals surface area (Å²) in [5.41, 5.74) is -1.51. The van der Waals surface area contributed by atoms with E-state index < -0.39 is 23.1 Å². The lowest BCUT2D eigenvalue weighted by Crippen LogP contribution is -2.74. The van der Waals surface area contributed by atoms with Crippen molar-refractivity contribution in [2.45, 2.75) is 58.0 Å². The Kier molecular flexibility index (Phi) is 3.30. The summed E-state index contributed by atoms with van der Waals surface area (Å²) < 4.78 is 24.1. The first-order chi connectivity index (χ1) is 13.7. The molecular formula is C22H26O7. The van der Waals surface area contributed by atoms with E-state index in [-0.39, 0.29) is 53.7 Å². The lowest BCUT2D eigenvalue weighted by atomic mass is 9.42. The zero-order chi connectivity index (χ0) is 20.3. The van der Waals surface area contributed by atoms with E-state index in [9.17, 15) is 14.4 Å². The van der Waals surface area contributed by atoms with E-state index in [0.717, 1.165) is 6.42 Å². The van der Waals surface area contributed by atoms with Gasteiger partial charge >= 0.3 is 11.9 Å². The second-order valence-corrected chi connectivity index (χ2v) is 10.3. The normalized spacial score (nSPS) is 54.1. The Morgan fingerprint density at radius 2 is 2.10 bits per heavy atom. The molecular weight excluding hydrogens is 376 g/mol. The molecule has 0 amide bonds. The predicted octanol–water partition coefficient (Wildman–Crippen LogP) is 1.78. The van der Waals surface area contributed by atoms with E-state index in [1.807, 2.05) is 0 Å². The van der Waals surface area contributed by atoms with E-state index in [2.05, 4.69) is 13.5 Å². The first kappa shape index (κ1) is 18.1. The van der Waals surface area contributed by atoms with Crippen LogP contribution in [0.15, 0.2) is 12.2 Å². The van der Waals surface area contributed by atoms with Crippen LogP contribution >= 0.6 is 0 Å². The lowest BCUT2D eigenvalue weighted by Gasteiger charge is -2.65. The van der Waals surface area contributed by atoms with E-state index >= 15 is 0 Å². The maximum absolute atomic E-state index is 13.4. The van der Waals surface area contributed by atoms with Crippen molar-refractivity contribution in [3.05, 3.63) is 12.2 Å². The fraction of sp³-hybridized carbons (Fsp3) is 0.773. The van der Waals surface area contributed by atoms with Gasteiger partial charge in [0.15, 0.2) is 12.1 Å². The number of ether oxygens (including phenoxy) is 4. The monoisotopic (exact) mass is 402 g/mol. The fourth-order valence-electron chi connectivity index (χ4n) is 7.97. The number of Topliss-reactive ketones (excluding diaryl/α,β-unsaturated/α-hetero) is 1. The third-order valence-electron chi connectivity index (χ3n) is 8.96. The quantitative estimate of drug-likeness (QED) is 0.395. The molecule has 3 saturated heterocycles. The molecule has 4 bridgehead atoms. The molecule has 3 saturated carbocycles. The summed E-state index contributed by atoms with van der Waals surface area (Å²) in [5.74, 6) is -1.28. The zero-order valence-corrected chi connectivity index (χ0v) is 16.8. The van der Waals surface area contributed by atoms with Gasteiger partial charge in [-0.3, -0.25) is 14.4 Å². The third-order valence-corrected chi connectivity index (χ3v) is 8.96. The van der Waals surface area contributed by atoms with Gasteiger partial charge in [0.25, 0.3) is 0 Å². The van der Waals surface area contributed by atoms with E-state index in [4.69, 9.17) is 18.9 Å². The van der Waals surface area contributed by atoms with Crippen molar-refractivity contribution in [3.63, 3.8) is 0 Å². The maximum Gasteiger partial charge on any atom is 0.320 e. The maximum atomic E-state index is 13.4. The minimum absolute atomic E-state index is 0.0313. The van der Waals surface area contributed by atoms with Gasteiger partial charge in [-0.15, -0.1) is 0 Å². The molecule has 3 aliphatic heterocycles. The number of hydrogen-bond donors (Lipinski definition) is 0. The average Bonchev–Trinajstić information content (AvgIpc) is 3.08. The first-order valence-electron chi connectivity index (χ1n) is 10.6. The predicted molar refractivity (Wildman–Crippen MR) is 97.2 cm³/mol. The van der Waals surface area contributed by atoms with Crippen molar-refractivity contribution in [2.24, 2.45) is 34.0 Å². The summed E-state index contributed by atoms with van der Waals surface area (Å²) in [6.45, 7) is 8.21. The Morgan fingerprint density at radius 1 is 1.31 bits per heavy atom. The smallest absolute Gasteiger partial charge is 0.320 e. The van der Waals surface area contributed by atoms with Crippen molar-refractivity contribution in [2.75, 3.05) is 13.2 Å². The second kappa shape index (κ2) is 5.30. The molecule has 0 N–H and O–H groups in total. The van der Waals surface area contributed by atoms with Crippen molar-refractivity contribution < 1.29 is 33.3 Å². The molecule has 3 heterocycles. The SMILES string of the molecule is C=C1C(=O)[C@@]23C[C@H]1C[C@@H]1O[C@@H]4OC[C@]5([C@H](CC[C@@](C)(COC(C)=O)[C@@H]45)OC2=O)[C@H]13. The van der Waals surface area contributed by atoms with Gasteiger partial charge in [0.2, 0.25) is 0 Å². The van der Waals surface area contributed by atoms with Gasteiger partial charge in [-0.25, -0.2) is 0 Å². The Labute approximate surface area is 169 Å². The number of carbonyl (C=O) groups is 3. The molecule has 0 radical (unpaired) electrons. The minimum Gasteiger partial charge on any atom is -0.465 e. The number of ketones is 1. The molecule has 7 heteroatoms. The summed E-state index contributed by atoms with van der Waals surface area (Å²) in [4.78, 5) is 38.2. The first-order valence-corrected chi connectivity index (χ1v) is 10.6. The van der Waals surface area contributed by atoms with Crippen LogP contribution in [0.1, 0.15) is 39.5 Å². The summed E-state index contributed by atoms with van der Waals surface area (Å²) in [6.07, 6.45) is 1.64. The van der Waals surface area contributed by atoms with Crippen molar-refractivity contribution in [1.29, 1.82) is 0 Å². The van der Waals surface area contributed by atoms with Gasteiger partial charge in [-0.1, -0.05) is 13.5 Å². The number of rotatable bonds is 2. The molecule has 9 atom stereocenters. The Hall–Kier alpha value is -1.73. The van der Waals surface area contributed by atoms with Gasteiger partial charge in [-0.05, 0) is 37.2 Å². The van der Waals surface area contributed by atoms with E-state index in [1.165, 1.54) is 6.92 Å². The number of hydrogen-bond acceptors (Lipinski definition) is 7.